The van der Waals surface area contributed by atoms with Crippen molar-refractivity contribution < 1.29 is 4.79 Å². The third-order valence-electron chi connectivity index (χ3n) is 4.85. The number of hydrogen-bond acceptors (Lipinski definition) is 2. The molecule has 2 fully saturated rings. The quantitative estimate of drug-likeness (QED) is 0.852. The van der Waals surface area contributed by atoms with E-state index in [0.717, 1.165) is 23.6 Å². The Kier molecular flexibility index (Phi) is 3.31. The van der Waals surface area contributed by atoms with Crippen LogP contribution in [0.1, 0.15) is 48.0 Å². The van der Waals surface area contributed by atoms with E-state index in [9.17, 15) is 4.79 Å². The summed E-state index contributed by atoms with van der Waals surface area (Å²) in [5.41, 5.74) is 7.79. The molecule has 1 aromatic carbocycles. The Labute approximate surface area is 114 Å². The average Bonchev–Trinajstić information content (AvgIpc) is 3.22. The first kappa shape index (κ1) is 12.7. The minimum atomic E-state index is 0.0514. The van der Waals surface area contributed by atoms with E-state index < -0.39 is 0 Å². The van der Waals surface area contributed by atoms with Gasteiger partial charge >= 0.3 is 0 Å². The summed E-state index contributed by atoms with van der Waals surface area (Å²) in [6.45, 7) is 1.38. The smallest absolute Gasteiger partial charge is 0.251 e. The van der Waals surface area contributed by atoms with Crippen LogP contribution in [0.15, 0.2) is 24.3 Å². The average molecular weight is 258 g/mol. The Morgan fingerprint density at radius 2 is 1.95 bits per heavy atom. The van der Waals surface area contributed by atoms with Crippen molar-refractivity contribution in [2.75, 3.05) is 6.54 Å². The molecule has 0 aromatic heterocycles. The first-order valence-electron chi connectivity index (χ1n) is 7.31. The zero-order chi connectivity index (χ0) is 13.3. The molecule has 0 atom stereocenters. The molecule has 19 heavy (non-hydrogen) atoms. The number of benzene rings is 1. The molecular formula is C16H22N2O. The zero-order valence-corrected chi connectivity index (χ0v) is 11.3. The van der Waals surface area contributed by atoms with E-state index in [2.05, 4.69) is 5.32 Å². The summed E-state index contributed by atoms with van der Waals surface area (Å²) < 4.78 is 0. The van der Waals surface area contributed by atoms with Crippen molar-refractivity contribution in [1.82, 2.24) is 5.32 Å². The van der Waals surface area contributed by atoms with Crippen LogP contribution >= 0.6 is 0 Å². The highest BCUT2D eigenvalue weighted by Crippen LogP contribution is 2.56. The summed E-state index contributed by atoms with van der Waals surface area (Å²) in [6.07, 6.45) is 6.65. The molecule has 3 rings (SSSR count). The Morgan fingerprint density at radius 3 is 2.42 bits per heavy atom. The Morgan fingerprint density at radius 1 is 1.26 bits per heavy atom. The Bertz CT molecular complexity index is 458. The molecule has 3 nitrogen and oxygen atoms in total. The molecular weight excluding hydrogens is 236 g/mol. The maximum absolute atomic E-state index is 12.1. The fraction of sp³-hybridized carbons (Fsp3) is 0.562. The highest BCUT2D eigenvalue weighted by molar-refractivity contribution is 5.94. The number of carbonyl (C=O) groups excluding carboxylic acids is 1. The maximum atomic E-state index is 12.1. The van der Waals surface area contributed by atoms with Crippen LogP contribution in [-0.4, -0.2) is 12.5 Å². The van der Waals surface area contributed by atoms with Crippen LogP contribution in [0, 0.1) is 11.3 Å². The molecule has 3 N–H and O–H groups in total. The number of amides is 1. The minimum absolute atomic E-state index is 0.0514. The highest BCUT2D eigenvalue weighted by Gasteiger charge is 2.48. The second kappa shape index (κ2) is 4.97. The van der Waals surface area contributed by atoms with Gasteiger partial charge in [-0.2, -0.15) is 0 Å². The molecule has 0 bridgehead atoms. The van der Waals surface area contributed by atoms with Crippen molar-refractivity contribution in [1.29, 1.82) is 0 Å². The SMILES string of the molecule is NCc1ccc(C(=O)NCC2(C3CC3)CCC2)cc1. The molecule has 2 saturated carbocycles. The fourth-order valence-electron chi connectivity index (χ4n) is 3.21. The van der Waals surface area contributed by atoms with Crippen LogP contribution < -0.4 is 11.1 Å². The number of nitrogens with two attached hydrogens (primary N) is 1. The van der Waals surface area contributed by atoms with E-state index in [1.165, 1.54) is 32.1 Å². The van der Waals surface area contributed by atoms with Gasteiger partial charge in [0.2, 0.25) is 0 Å². The lowest BCUT2D eigenvalue weighted by atomic mass is 9.65. The molecule has 0 unspecified atom stereocenters. The largest absolute Gasteiger partial charge is 0.351 e. The van der Waals surface area contributed by atoms with Crippen molar-refractivity contribution in [2.24, 2.45) is 17.1 Å². The van der Waals surface area contributed by atoms with E-state index in [0.29, 0.717) is 12.0 Å². The first-order valence-corrected chi connectivity index (χ1v) is 7.31. The Balaban J connectivity index is 1.58. The van der Waals surface area contributed by atoms with Crippen LogP contribution in [0.3, 0.4) is 0 Å². The lowest BCUT2D eigenvalue weighted by Crippen LogP contribution is -2.43. The van der Waals surface area contributed by atoms with E-state index in [1.54, 1.807) is 0 Å². The van der Waals surface area contributed by atoms with Gasteiger partial charge in [-0.05, 0) is 54.7 Å². The molecule has 3 heteroatoms. The van der Waals surface area contributed by atoms with E-state index in [4.69, 9.17) is 5.73 Å². The molecule has 102 valence electrons. The van der Waals surface area contributed by atoms with Gasteiger partial charge in [-0.3, -0.25) is 4.79 Å². The number of carbonyl (C=O) groups is 1. The number of nitrogens with one attached hydrogen (secondary N) is 1. The number of rotatable bonds is 5. The fourth-order valence-corrected chi connectivity index (χ4v) is 3.21. The third kappa shape index (κ3) is 2.52. The summed E-state index contributed by atoms with van der Waals surface area (Å²) in [4.78, 5) is 12.1. The van der Waals surface area contributed by atoms with Crippen molar-refractivity contribution in [3.05, 3.63) is 35.4 Å². The van der Waals surface area contributed by atoms with Gasteiger partial charge in [0.25, 0.3) is 5.91 Å². The van der Waals surface area contributed by atoms with Gasteiger partial charge < -0.3 is 11.1 Å². The standard InChI is InChI=1S/C16H22N2O/c17-10-12-2-4-13(5-3-12)15(19)18-11-16(8-1-9-16)14-6-7-14/h2-5,14H,1,6-11,17H2,(H,18,19). The number of hydrogen-bond donors (Lipinski definition) is 2. The predicted octanol–water partition coefficient (Wildman–Crippen LogP) is 2.46. The summed E-state index contributed by atoms with van der Waals surface area (Å²) in [5.74, 6) is 0.927. The summed E-state index contributed by atoms with van der Waals surface area (Å²) in [5, 5.41) is 3.13. The topological polar surface area (TPSA) is 55.1 Å². The first-order chi connectivity index (χ1) is 9.23. The second-order valence-corrected chi connectivity index (χ2v) is 6.07. The summed E-state index contributed by atoms with van der Waals surface area (Å²) >= 11 is 0. The zero-order valence-electron chi connectivity index (χ0n) is 11.3. The van der Waals surface area contributed by atoms with Gasteiger partial charge in [-0.1, -0.05) is 18.6 Å². The molecule has 2 aliphatic carbocycles. The van der Waals surface area contributed by atoms with E-state index in [-0.39, 0.29) is 5.91 Å². The van der Waals surface area contributed by atoms with Crippen molar-refractivity contribution in [3.63, 3.8) is 0 Å². The molecule has 0 spiro atoms. The van der Waals surface area contributed by atoms with Gasteiger partial charge in [0.05, 0.1) is 0 Å². The highest BCUT2D eigenvalue weighted by atomic mass is 16.1. The molecule has 1 amide bonds. The van der Waals surface area contributed by atoms with E-state index in [1.807, 2.05) is 24.3 Å². The summed E-state index contributed by atoms with van der Waals surface area (Å²) in [6, 6.07) is 7.58. The molecule has 0 heterocycles. The lowest BCUT2D eigenvalue weighted by Gasteiger charge is -2.42. The van der Waals surface area contributed by atoms with Gasteiger partial charge in [0.1, 0.15) is 0 Å². The summed E-state index contributed by atoms with van der Waals surface area (Å²) in [7, 11) is 0. The van der Waals surface area contributed by atoms with Gasteiger partial charge in [-0.25, -0.2) is 0 Å². The van der Waals surface area contributed by atoms with Crippen molar-refractivity contribution in [3.8, 4) is 0 Å². The molecule has 0 radical (unpaired) electrons. The van der Waals surface area contributed by atoms with Gasteiger partial charge in [0, 0.05) is 18.7 Å². The second-order valence-electron chi connectivity index (χ2n) is 6.07. The van der Waals surface area contributed by atoms with Crippen LogP contribution in [-0.2, 0) is 6.54 Å². The molecule has 2 aliphatic rings. The van der Waals surface area contributed by atoms with Crippen molar-refractivity contribution >= 4 is 5.91 Å². The van der Waals surface area contributed by atoms with E-state index >= 15 is 0 Å². The minimum Gasteiger partial charge on any atom is -0.351 e. The monoisotopic (exact) mass is 258 g/mol. The lowest BCUT2D eigenvalue weighted by molar-refractivity contribution is 0.0781. The van der Waals surface area contributed by atoms with Crippen LogP contribution in [0.25, 0.3) is 0 Å². The molecule has 0 aliphatic heterocycles. The van der Waals surface area contributed by atoms with Crippen LogP contribution in [0.5, 0.6) is 0 Å². The normalized spacial score (nSPS) is 20.7. The predicted molar refractivity (Wildman–Crippen MR) is 75.7 cm³/mol. The van der Waals surface area contributed by atoms with Gasteiger partial charge in [0.15, 0.2) is 0 Å². The maximum Gasteiger partial charge on any atom is 0.251 e. The van der Waals surface area contributed by atoms with Crippen molar-refractivity contribution in [2.45, 2.75) is 38.6 Å². The third-order valence-corrected chi connectivity index (χ3v) is 4.85. The van der Waals surface area contributed by atoms with Crippen LogP contribution in [0.2, 0.25) is 0 Å². The molecule has 0 saturated heterocycles. The molecule has 1 aromatic rings. The Hall–Kier alpha value is -1.35. The van der Waals surface area contributed by atoms with Crippen LogP contribution in [0.4, 0.5) is 0 Å². The van der Waals surface area contributed by atoms with Gasteiger partial charge in [-0.15, -0.1) is 0 Å².